The van der Waals surface area contributed by atoms with Crippen molar-refractivity contribution < 1.29 is 4.92 Å². The zero-order chi connectivity index (χ0) is 9.56. The summed E-state index contributed by atoms with van der Waals surface area (Å²) < 4.78 is 0. The Kier molecular flexibility index (Phi) is 5.28. The van der Waals surface area contributed by atoms with Gasteiger partial charge in [-0.05, 0) is 0 Å². The van der Waals surface area contributed by atoms with E-state index < -0.39 is 4.92 Å². The third-order valence-corrected chi connectivity index (χ3v) is 1.25. The highest BCUT2D eigenvalue weighted by molar-refractivity contribution is 6.30. The highest BCUT2D eigenvalue weighted by Crippen LogP contribution is 2.19. The molecule has 0 amide bonds. The maximum absolute atomic E-state index is 10.1. The monoisotopic (exact) mass is 189 g/mol. The lowest BCUT2D eigenvalue weighted by molar-refractivity contribution is -0.451. The number of hydrogen-bond donors (Lipinski definition) is 0. The Morgan fingerprint density at radius 1 is 1.67 bits per heavy atom. The molecule has 1 radical (unpaired) electrons. The van der Waals surface area contributed by atoms with Crippen LogP contribution in [0, 0.1) is 16.2 Å². The molecule has 0 bridgehead atoms. The molecule has 1 rings (SSSR count). The van der Waals surface area contributed by atoms with Crippen LogP contribution in [-0.2, 0) is 0 Å². The first-order valence-electron chi connectivity index (χ1n) is 3.58. The summed E-state index contributed by atoms with van der Waals surface area (Å²) in [7, 11) is 0. The molecule has 67 valence electrons. The Bertz CT molecular complexity index is 213. The van der Waals surface area contributed by atoms with Gasteiger partial charge in [0.25, 0.3) is 0 Å². The van der Waals surface area contributed by atoms with E-state index in [-0.39, 0.29) is 12.5 Å². The molecule has 0 aliphatic carbocycles. The Morgan fingerprint density at radius 3 is 2.58 bits per heavy atom. The lowest BCUT2D eigenvalue weighted by Gasteiger charge is -2.02. The summed E-state index contributed by atoms with van der Waals surface area (Å²) in [6, 6.07) is 0.0347. The summed E-state index contributed by atoms with van der Waals surface area (Å²) in [5, 5.41) is 10.5. The molecule has 0 unspecified atom stereocenters. The van der Waals surface area contributed by atoms with E-state index in [1.54, 1.807) is 0 Å². The lowest BCUT2D eigenvalue weighted by Crippen LogP contribution is -2.13. The van der Waals surface area contributed by atoms with Gasteiger partial charge in [-0.15, -0.1) is 0 Å². The number of aliphatic imine (C=N–C) groups is 1. The molecular weight excluding hydrogens is 180 g/mol. The van der Waals surface area contributed by atoms with E-state index in [0.29, 0.717) is 5.03 Å². The van der Waals surface area contributed by atoms with Crippen LogP contribution < -0.4 is 0 Å². The number of nitrogens with zero attached hydrogens (tertiary/aromatic N) is 2. The van der Waals surface area contributed by atoms with Gasteiger partial charge in [-0.25, -0.2) is 0 Å². The Balaban J connectivity index is 0.000000561. The maximum Gasteiger partial charge on any atom is 0.335 e. The largest absolute Gasteiger partial charge is 0.335 e. The van der Waals surface area contributed by atoms with Crippen LogP contribution >= 0.6 is 11.6 Å². The van der Waals surface area contributed by atoms with Crippen LogP contribution in [0.2, 0.25) is 0 Å². The van der Waals surface area contributed by atoms with Gasteiger partial charge < -0.3 is 0 Å². The van der Waals surface area contributed by atoms with Crippen molar-refractivity contribution in [1.82, 2.24) is 0 Å². The van der Waals surface area contributed by atoms with Gasteiger partial charge in [-0.1, -0.05) is 25.4 Å². The zero-order valence-corrected chi connectivity index (χ0v) is 7.71. The third-order valence-electron chi connectivity index (χ3n) is 1.02. The lowest BCUT2D eigenvalue weighted by atomic mass is 10.2. The molecule has 1 heterocycles. The first kappa shape index (κ1) is 11.1. The minimum atomic E-state index is -0.487. The molecular formula is C7H10ClN2O2. The van der Waals surface area contributed by atoms with E-state index >= 15 is 0 Å². The van der Waals surface area contributed by atoms with Crippen LogP contribution in [0.1, 0.15) is 20.3 Å². The van der Waals surface area contributed by atoms with Crippen LogP contribution in [0.25, 0.3) is 0 Å². The fourth-order valence-electron chi connectivity index (χ4n) is 0.580. The maximum atomic E-state index is 10.1. The quantitative estimate of drug-likeness (QED) is 0.470. The molecule has 0 aromatic carbocycles. The van der Waals surface area contributed by atoms with Gasteiger partial charge in [0.1, 0.15) is 0 Å². The first-order valence-corrected chi connectivity index (χ1v) is 3.96. The number of rotatable bonds is 1. The molecule has 0 saturated carbocycles. The molecule has 0 aromatic rings. The SMILES string of the molecule is CC.O=[N+]([O-])[C]1C=NC=C(Cl)C1. The van der Waals surface area contributed by atoms with Gasteiger partial charge in [0.2, 0.25) is 0 Å². The van der Waals surface area contributed by atoms with E-state index in [4.69, 9.17) is 11.6 Å². The zero-order valence-electron chi connectivity index (χ0n) is 6.95. The van der Waals surface area contributed by atoms with Crippen molar-refractivity contribution in [2.45, 2.75) is 20.3 Å². The highest BCUT2D eigenvalue weighted by atomic mass is 35.5. The standard InChI is InChI=1S/C5H4ClN2O2.C2H6/c6-4-1-5(8(9)10)3-7-2-4;1-2/h2-3H,1H2;1-2H3. The summed E-state index contributed by atoms with van der Waals surface area (Å²) >= 11 is 5.48. The fourth-order valence-corrected chi connectivity index (χ4v) is 0.773. The summed E-state index contributed by atoms with van der Waals surface area (Å²) in [6.07, 6.45) is 2.78. The van der Waals surface area contributed by atoms with Gasteiger partial charge in [-0.3, -0.25) is 15.1 Å². The smallest absolute Gasteiger partial charge is 0.263 e. The Labute approximate surface area is 76.1 Å². The summed E-state index contributed by atoms with van der Waals surface area (Å²) in [4.78, 5) is 13.2. The second-order valence-corrected chi connectivity index (χ2v) is 2.26. The number of halogens is 1. The van der Waals surface area contributed by atoms with Gasteiger partial charge in [0.15, 0.2) is 0 Å². The summed E-state index contributed by atoms with van der Waals surface area (Å²) in [6.45, 7) is 4.00. The van der Waals surface area contributed by atoms with Crippen molar-refractivity contribution >= 4 is 17.8 Å². The van der Waals surface area contributed by atoms with Crippen molar-refractivity contribution in [3.05, 3.63) is 27.4 Å². The second-order valence-electron chi connectivity index (χ2n) is 1.78. The Hall–Kier alpha value is -0.900. The van der Waals surface area contributed by atoms with E-state index in [9.17, 15) is 10.1 Å². The average Bonchev–Trinajstić information content (AvgIpc) is 2.08. The van der Waals surface area contributed by atoms with E-state index in [1.807, 2.05) is 13.8 Å². The van der Waals surface area contributed by atoms with Gasteiger partial charge in [0.05, 0.1) is 12.6 Å². The van der Waals surface area contributed by atoms with E-state index in [0.717, 1.165) is 0 Å². The molecule has 0 spiro atoms. The van der Waals surface area contributed by atoms with Crippen molar-refractivity contribution in [3.8, 4) is 0 Å². The molecule has 0 aromatic heterocycles. The number of nitro groups is 1. The predicted molar refractivity (Wildman–Crippen MR) is 48.6 cm³/mol. The predicted octanol–water partition coefficient (Wildman–Crippen LogP) is 2.38. The van der Waals surface area contributed by atoms with Gasteiger partial charge in [-0.2, -0.15) is 0 Å². The second kappa shape index (κ2) is 5.71. The molecule has 1 aliphatic rings. The van der Waals surface area contributed by atoms with Gasteiger partial charge in [0, 0.05) is 16.2 Å². The minimum Gasteiger partial charge on any atom is -0.263 e. The van der Waals surface area contributed by atoms with Crippen LogP contribution in [0.4, 0.5) is 0 Å². The molecule has 0 atom stereocenters. The third kappa shape index (κ3) is 3.48. The molecule has 0 N–H and O–H groups in total. The van der Waals surface area contributed by atoms with Crippen molar-refractivity contribution in [1.29, 1.82) is 0 Å². The van der Waals surface area contributed by atoms with E-state index in [2.05, 4.69) is 4.99 Å². The molecule has 1 aliphatic heterocycles. The Morgan fingerprint density at radius 2 is 2.25 bits per heavy atom. The van der Waals surface area contributed by atoms with Crippen molar-refractivity contribution in [3.63, 3.8) is 0 Å². The molecule has 5 heteroatoms. The van der Waals surface area contributed by atoms with Gasteiger partial charge >= 0.3 is 6.04 Å². The van der Waals surface area contributed by atoms with Crippen LogP contribution in [0.5, 0.6) is 0 Å². The van der Waals surface area contributed by atoms with Crippen LogP contribution in [-0.4, -0.2) is 11.1 Å². The van der Waals surface area contributed by atoms with E-state index in [1.165, 1.54) is 12.4 Å². The summed E-state index contributed by atoms with van der Waals surface area (Å²) in [5.41, 5.74) is 0. The van der Waals surface area contributed by atoms with Crippen LogP contribution in [0.15, 0.2) is 16.2 Å². The van der Waals surface area contributed by atoms with Crippen LogP contribution in [0.3, 0.4) is 0 Å². The first-order chi connectivity index (χ1) is 5.70. The highest BCUT2D eigenvalue weighted by Gasteiger charge is 2.23. The number of hydrogen-bond acceptors (Lipinski definition) is 3. The fraction of sp³-hybridized carbons (Fsp3) is 0.429. The average molecular weight is 190 g/mol. The molecule has 12 heavy (non-hydrogen) atoms. The normalized spacial score (nSPS) is 16.1. The van der Waals surface area contributed by atoms with Crippen molar-refractivity contribution in [2.75, 3.05) is 0 Å². The molecule has 4 nitrogen and oxygen atoms in total. The van der Waals surface area contributed by atoms with Crippen molar-refractivity contribution in [2.24, 2.45) is 4.99 Å². The topological polar surface area (TPSA) is 55.5 Å². The summed E-state index contributed by atoms with van der Waals surface area (Å²) in [5.74, 6) is 0. The minimum absolute atomic E-state index is 0.0347. The molecule has 0 fully saturated rings. The molecule has 0 saturated heterocycles.